The number of nitrogens with one attached hydrogen (secondary N) is 1. The third kappa shape index (κ3) is 3.85. The van der Waals surface area contributed by atoms with Crippen LogP contribution in [0, 0.1) is 0 Å². The molecular weight excluding hydrogens is 281 g/mol. The van der Waals surface area contributed by atoms with Crippen molar-refractivity contribution in [3.8, 4) is 0 Å². The van der Waals surface area contributed by atoms with Gasteiger partial charge in [-0.1, -0.05) is 6.08 Å². The molecule has 1 amide bonds. The number of hydrogen-bond acceptors (Lipinski definition) is 4. The topological polar surface area (TPSA) is 56.8 Å². The lowest BCUT2D eigenvalue weighted by atomic mass is 9.77. The molecule has 124 valence electrons. The fraction of sp³-hybridized carbons (Fsp3) is 0.812. The Morgan fingerprint density at radius 1 is 1.27 bits per heavy atom. The van der Waals surface area contributed by atoms with Gasteiger partial charge in [-0.05, 0) is 66.8 Å². The monoisotopic (exact) mass is 309 g/mol. The number of carbonyl (C=O) groups excluding carboxylic acids is 1. The van der Waals surface area contributed by atoms with E-state index < -0.39 is 5.60 Å². The van der Waals surface area contributed by atoms with Gasteiger partial charge in [0, 0.05) is 6.04 Å². The van der Waals surface area contributed by atoms with Crippen LogP contribution < -0.4 is 5.32 Å². The maximum Gasteiger partial charge on any atom is 0.490 e. The maximum atomic E-state index is 11.8. The summed E-state index contributed by atoms with van der Waals surface area (Å²) in [5.74, 6) is 0. The fourth-order valence-corrected chi connectivity index (χ4v) is 2.52. The van der Waals surface area contributed by atoms with E-state index in [1.807, 2.05) is 48.5 Å². The van der Waals surface area contributed by atoms with Crippen LogP contribution in [0.25, 0.3) is 0 Å². The molecule has 1 aliphatic heterocycles. The van der Waals surface area contributed by atoms with Crippen LogP contribution in [0.2, 0.25) is 0 Å². The van der Waals surface area contributed by atoms with Crippen molar-refractivity contribution in [2.24, 2.45) is 0 Å². The quantitative estimate of drug-likeness (QED) is 0.796. The second kappa shape index (κ2) is 5.57. The Hall–Kier alpha value is -1.01. The van der Waals surface area contributed by atoms with E-state index in [0.29, 0.717) is 0 Å². The first-order valence-electron chi connectivity index (χ1n) is 7.94. The highest BCUT2D eigenvalue weighted by molar-refractivity contribution is 6.54. The van der Waals surface area contributed by atoms with Crippen molar-refractivity contribution in [3.63, 3.8) is 0 Å². The van der Waals surface area contributed by atoms with Crippen molar-refractivity contribution in [2.75, 3.05) is 0 Å². The number of ether oxygens (including phenoxy) is 1. The molecule has 1 N–H and O–H groups in total. The van der Waals surface area contributed by atoms with Gasteiger partial charge >= 0.3 is 13.2 Å². The predicted molar refractivity (Wildman–Crippen MR) is 86.6 cm³/mol. The van der Waals surface area contributed by atoms with Crippen molar-refractivity contribution >= 4 is 13.2 Å². The SMILES string of the molecule is CC(C)(C)OC(=O)N[C@H]1CC=C(B2OC(C)(C)C(C)(C)O2)C1. The van der Waals surface area contributed by atoms with Crippen LogP contribution in [-0.4, -0.2) is 36.1 Å². The molecule has 0 radical (unpaired) electrons. The van der Waals surface area contributed by atoms with E-state index in [-0.39, 0.29) is 30.5 Å². The summed E-state index contributed by atoms with van der Waals surface area (Å²) in [6.07, 6.45) is 3.24. The van der Waals surface area contributed by atoms with Crippen molar-refractivity contribution in [2.45, 2.75) is 84.2 Å². The minimum atomic E-state index is -0.481. The average Bonchev–Trinajstić information content (AvgIpc) is 2.79. The summed E-state index contributed by atoms with van der Waals surface area (Å²) in [5.41, 5.74) is -0.0607. The van der Waals surface area contributed by atoms with Gasteiger partial charge in [0.25, 0.3) is 0 Å². The first-order valence-corrected chi connectivity index (χ1v) is 7.94. The van der Waals surface area contributed by atoms with Gasteiger partial charge in [0.2, 0.25) is 0 Å². The van der Waals surface area contributed by atoms with Crippen molar-refractivity contribution in [1.82, 2.24) is 5.32 Å². The van der Waals surface area contributed by atoms with Gasteiger partial charge in [-0.15, -0.1) is 0 Å². The van der Waals surface area contributed by atoms with E-state index in [2.05, 4.69) is 11.4 Å². The Bertz CT molecular complexity index is 463. The van der Waals surface area contributed by atoms with Crippen LogP contribution in [0.1, 0.15) is 61.3 Å². The number of hydrogen-bond donors (Lipinski definition) is 1. The summed E-state index contributed by atoms with van der Waals surface area (Å²) in [4.78, 5) is 11.8. The predicted octanol–water partition coefficient (Wildman–Crippen LogP) is 3.23. The highest BCUT2D eigenvalue weighted by Gasteiger charge is 2.52. The minimum Gasteiger partial charge on any atom is -0.444 e. The molecule has 1 aliphatic carbocycles. The molecule has 2 aliphatic rings. The van der Waals surface area contributed by atoms with E-state index in [4.69, 9.17) is 14.0 Å². The largest absolute Gasteiger partial charge is 0.490 e. The molecule has 1 saturated heterocycles. The number of rotatable bonds is 2. The van der Waals surface area contributed by atoms with Crippen molar-refractivity contribution < 1.29 is 18.8 Å². The molecule has 0 bridgehead atoms. The first-order chi connectivity index (χ1) is 9.90. The van der Waals surface area contributed by atoms with Crippen molar-refractivity contribution in [1.29, 1.82) is 0 Å². The molecule has 2 rings (SSSR count). The second-order valence-electron chi connectivity index (χ2n) is 8.15. The van der Waals surface area contributed by atoms with Crippen LogP contribution in [-0.2, 0) is 14.0 Å². The molecule has 22 heavy (non-hydrogen) atoms. The summed E-state index contributed by atoms with van der Waals surface area (Å²) < 4.78 is 17.4. The number of carbonyl (C=O) groups is 1. The van der Waals surface area contributed by atoms with Crippen LogP contribution in [0.5, 0.6) is 0 Å². The average molecular weight is 309 g/mol. The van der Waals surface area contributed by atoms with Crippen LogP contribution >= 0.6 is 0 Å². The Balaban J connectivity index is 1.87. The Morgan fingerprint density at radius 2 is 1.82 bits per heavy atom. The lowest BCUT2D eigenvalue weighted by Gasteiger charge is -2.32. The van der Waals surface area contributed by atoms with E-state index in [0.717, 1.165) is 18.3 Å². The molecule has 0 unspecified atom stereocenters. The lowest BCUT2D eigenvalue weighted by molar-refractivity contribution is 0.00578. The zero-order valence-electron chi connectivity index (χ0n) is 14.8. The Labute approximate surface area is 133 Å². The molecule has 0 spiro atoms. The van der Waals surface area contributed by atoms with E-state index in [1.54, 1.807) is 0 Å². The standard InChI is InChI=1S/C16H28BNO4/c1-14(2,3)20-13(19)18-12-9-8-11(10-12)17-21-15(4,5)16(6,7)22-17/h8,12H,9-10H2,1-7H3,(H,18,19)/t12-/m0/s1. The highest BCUT2D eigenvalue weighted by Crippen LogP contribution is 2.40. The molecule has 6 heteroatoms. The first kappa shape index (κ1) is 17.4. The van der Waals surface area contributed by atoms with E-state index in [1.165, 1.54) is 0 Å². The van der Waals surface area contributed by atoms with Gasteiger partial charge < -0.3 is 19.4 Å². The van der Waals surface area contributed by atoms with Gasteiger partial charge in [-0.2, -0.15) is 0 Å². The second-order valence-corrected chi connectivity index (χ2v) is 8.15. The molecule has 1 fully saturated rings. The summed E-state index contributed by atoms with van der Waals surface area (Å²) in [7, 11) is -0.324. The summed E-state index contributed by atoms with van der Waals surface area (Å²) >= 11 is 0. The van der Waals surface area contributed by atoms with Crippen LogP contribution in [0.15, 0.2) is 11.5 Å². The van der Waals surface area contributed by atoms with Gasteiger partial charge in [0.05, 0.1) is 11.2 Å². The summed E-state index contributed by atoms with van der Waals surface area (Å²) in [6, 6.07) is 0.0453. The molecular formula is C16H28BNO4. The molecule has 0 aromatic heterocycles. The Morgan fingerprint density at radius 3 is 2.32 bits per heavy atom. The van der Waals surface area contributed by atoms with Crippen LogP contribution in [0.3, 0.4) is 0 Å². The van der Waals surface area contributed by atoms with E-state index in [9.17, 15) is 4.79 Å². The Kier molecular flexibility index (Phi) is 4.39. The van der Waals surface area contributed by atoms with E-state index >= 15 is 0 Å². The highest BCUT2D eigenvalue weighted by atomic mass is 16.7. The molecule has 0 aromatic rings. The molecule has 1 heterocycles. The third-order valence-electron chi connectivity index (χ3n) is 4.42. The van der Waals surface area contributed by atoms with Gasteiger partial charge in [0.1, 0.15) is 5.60 Å². The zero-order chi connectivity index (χ0) is 16.8. The van der Waals surface area contributed by atoms with Gasteiger partial charge in [-0.25, -0.2) is 4.79 Å². The zero-order valence-corrected chi connectivity index (χ0v) is 14.8. The number of alkyl carbamates (subject to hydrolysis) is 1. The normalized spacial score (nSPS) is 26.8. The minimum absolute atomic E-state index is 0.0453. The lowest BCUT2D eigenvalue weighted by Crippen LogP contribution is -2.41. The van der Waals surface area contributed by atoms with Crippen LogP contribution in [0.4, 0.5) is 4.79 Å². The summed E-state index contributed by atoms with van der Waals surface area (Å²) in [6.45, 7) is 13.7. The molecule has 0 aromatic carbocycles. The number of amides is 1. The molecule has 5 nitrogen and oxygen atoms in total. The van der Waals surface area contributed by atoms with Gasteiger partial charge in [-0.3, -0.25) is 0 Å². The van der Waals surface area contributed by atoms with Gasteiger partial charge in [0.15, 0.2) is 0 Å². The fourth-order valence-electron chi connectivity index (χ4n) is 2.52. The molecule has 1 atom stereocenters. The smallest absolute Gasteiger partial charge is 0.444 e. The summed E-state index contributed by atoms with van der Waals surface area (Å²) in [5, 5.41) is 2.91. The third-order valence-corrected chi connectivity index (χ3v) is 4.42. The molecule has 0 saturated carbocycles. The van der Waals surface area contributed by atoms with Crippen molar-refractivity contribution in [3.05, 3.63) is 11.5 Å². The maximum absolute atomic E-state index is 11.8.